The van der Waals surface area contributed by atoms with E-state index in [9.17, 15) is 0 Å². The maximum absolute atomic E-state index is 4.76. The van der Waals surface area contributed by atoms with Gasteiger partial charge in [-0.25, -0.2) is 4.98 Å². The van der Waals surface area contributed by atoms with Crippen molar-refractivity contribution in [3.8, 4) is 22.4 Å². The van der Waals surface area contributed by atoms with Crippen molar-refractivity contribution >= 4 is 22.2 Å². The average Bonchev–Trinajstić information content (AvgIpc) is 3.29. The fraction of sp³-hybridized carbons (Fsp3) is 0.267. The van der Waals surface area contributed by atoms with Crippen molar-refractivity contribution in [2.75, 3.05) is 25.0 Å². The minimum absolute atomic E-state index is 0.553. The quantitative estimate of drug-likeness (QED) is 0.328. The number of likely N-dealkylation sites (N-methyl/N-ethyl adjacent to an activating group) is 1. The van der Waals surface area contributed by atoms with Crippen LogP contribution in [0.3, 0.4) is 0 Å². The van der Waals surface area contributed by atoms with E-state index >= 15 is 0 Å². The van der Waals surface area contributed by atoms with Crippen LogP contribution in [0, 0.1) is 6.92 Å². The zero-order valence-corrected chi connectivity index (χ0v) is 20.8. The second kappa shape index (κ2) is 8.51. The van der Waals surface area contributed by atoms with E-state index in [0.29, 0.717) is 12.1 Å². The molecule has 0 saturated carbocycles. The Hall–Kier alpha value is -3.70. The van der Waals surface area contributed by atoms with Crippen LogP contribution in [0.25, 0.3) is 38.9 Å². The second-order valence-electron chi connectivity index (χ2n) is 9.93. The predicted octanol–water partition coefficient (Wildman–Crippen LogP) is 6.05. The Balaban J connectivity index is 1.32. The highest BCUT2D eigenvalue weighted by atomic mass is 15.3. The fourth-order valence-corrected chi connectivity index (χ4v) is 5.36. The number of imidazole rings is 1. The number of aryl methyl sites for hydroxylation is 1. The van der Waals surface area contributed by atoms with E-state index in [0.717, 1.165) is 46.6 Å². The molecule has 2 aromatic carbocycles. The molecule has 5 nitrogen and oxygen atoms in total. The van der Waals surface area contributed by atoms with Crippen LogP contribution in [-0.4, -0.2) is 51.5 Å². The van der Waals surface area contributed by atoms with Crippen molar-refractivity contribution in [3.05, 3.63) is 84.8 Å². The molecular formula is C30H31N5. The molecule has 5 heteroatoms. The molecule has 176 valence electrons. The molecular weight excluding hydrogens is 430 g/mol. The first-order chi connectivity index (χ1) is 17.0. The molecule has 5 aromatic rings. The normalized spacial score (nSPS) is 19.0. The summed E-state index contributed by atoms with van der Waals surface area (Å²) in [5.74, 6) is 0. The summed E-state index contributed by atoms with van der Waals surface area (Å²) in [6, 6.07) is 24.9. The van der Waals surface area contributed by atoms with Gasteiger partial charge in [-0.1, -0.05) is 30.3 Å². The highest BCUT2D eigenvalue weighted by Gasteiger charge is 2.26. The monoisotopic (exact) mass is 461 g/mol. The molecule has 1 saturated heterocycles. The average molecular weight is 462 g/mol. The number of hydrogen-bond acceptors (Lipinski definition) is 4. The Labute approximate surface area is 206 Å². The molecule has 0 spiro atoms. The van der Waals surface area contributed by atoms with E-state index in [-0.39, 0.29) is 0 Å². The number of pyridine rings is 2. The van der Waals surface area contributed by atoms with Gasteiger partial charge in [-0.2, -0.15) is 0 Å². The number of piperazine rings is 1. The van der Waals surface area contributed by atoms with Crippen LogP contribution in [0.2, 0.25) is 0 Å². The van der Waals surface area contributed by atoms with Gasteiger partial charge < -0.3 is 4.90 Å². The van der Waals surface area contributed by atoms with Crippen molar-refractivity contribution in [2.45, 2.75) is 32.9 Å². The number of rotatable bonds is 3. The van der Waals surface area contributed by atoms with Gasteiger partial charge in [0.1, 0.15) is 5.65 Å². The molecule has 0 unspecified atom stereocenters. The lowest BCUT2D eigenvalue weighted by atomic mass is 10.0. The Morgan fingerprint density at radius 2 is 1.60 bits per heavy atom. The SMILES string of the molecule is Cc1cc(-c2cnc3cc(-c4ccc(N5C[C@@H](C)N(C)[C@@H](C)C5)cc4)ccn23)c2ccccc2n1. The highest BCUT2D eigenvalue weighted by Crippen LogP contribution is 2.31. The number of nitrogens with zero attached hydrogens (tertiary/aromatic N) is 5. The molecule has 35 heavy (non-hydrogen) atoms. The number of para-hydroxylation sites is 1. The molecule has 0 N–H and O–H groups in total. The summed E-state index contributed by atoms with van der Waals surface area (Å²) in [6.07, 6.45) is 4.11. The molecule has 1 fully saturated rings. The van der Waals surface area contributed by atoms with Gasteiger partial charge >= 0.3 is 0 Å². The summed E-state index contributed by atoms with van der Waals surface area (Å²) in [7, 11) is 2.23. The van der Waals surface area contributed by atoms with Gasteiger partial charge in [0, 0.05) is 53.7 Å². The zero-order chi connectivity index (χ0) is 24.1. The summed E-state index contributed by atoms with van der Waals surface area (Å²) in [4.78, 5) is 14.4. The summed E-state index contributed by atoms with van der Waals surface area (Å²) < 4.78 is 2.17. The number of aromatic nitrogens is 3. The number of anilines is 1. The third-order valence-electron chi connectivity index (χ3n) is 7.56. The molecule has 1 aliphatic rings. The Kier molecular flexibility index (Phi) is 5.30. The van der Waals surface area contributed by atoms with Gasteiger partial charge in [-0.15, -0.1) is 0 Å². The molecule has 3 aromatic heterocycles. The summed E-state index contributed by atoms with van der Waals surface area (Å²) >= 11 is 0. The van der Waals surface area contributed by atoms with E-state index in [1.165, 1.54) is 16.8 Å². The van der Waals surface area contributed by atoms with Gasteiger partial charge in [0.05, 0.1) is 17.4 Å². The van der Waals surface area contributed by atoms with E-state index in [1.54, 1.807) is 0 Å². The van der Waals surface area contributed by atoms with Crippen LogP contribution in [-0.2, 0) is 0 Å². The topological polar surface area (TPSA) is 36.7 Å². The Morgan fingerprint density at radius 1 is 0.857 bits per heavy atom. The first-order valence-electron chi connectivity index (χ1n) is 12.4. The molecule has 2 atom stereocenters. The van der Waals surface area contributed by atoms with Crippen molar-refractivity contribution < 1.29 is 0 Å². The molecule has 6 rings (SSSR count). The zero-order valence-electron chi connectivity index (χ0n) is 20.8. The van der Waals surface area contributed by atoms with Crippen molar-refractivity contribution in [3.63, 3.8) is 0 Å². The van der Waals surface area contributed by atoms with Gasteiger partial charge in [0.25, 0.3) is 0 Å². The molecule has 0 radical (unpaired) electrons. The van der Waals surface area contributed by atoms with E-state index in [1.807, 2.05) is 19.2 Å². The molecule has 0 amide bonds. The second-order valence-corrected chi connectivity index (χ2v) is 9.93. The van der Waals surface area contributed by atoms with Crippen LogP contribution in [0.15, 0.2) is 79.1 Å². The maximum atomic E-state index is 4.76. The van der Waals surface area contributed by atoms with E-state index < -0.39 is 0 Å². The van der Waals surface area contributed by atoms with Crippen molar-refractivity contribution in [1.29, 1.82) is 0 Å². The smallest absolute Gasteiger partial charge is 0.137 e. The molecule has 4 heterocycles. The molecule has 1 aliphatic heterocycles. The summed E-state index contributed by atoms with van der Waals surface area (Å²) in [5.41, 5.74) is 8.90. The number of fused-ring (bicyclic) bond motifs is 2. The van der Waals surface area contributed by atoms with Crippen LogP contribution in [0.1, 0.15) is 19.5 Å². The number of hydrogen-bond donors (Lipinski definition) is 0. The molecule has 0 bridgehead atoms. The van der Waals surface area contributed by atoms with Crippen molar-refractivity contribution in [2.24, 2.45) is 0 Å². The fourth-order valence-electron chi connectivity index (χ4n) is 5.36. The lowest BCUT2D eigenvalue weighted by molar-refractivity contribution is 0.170. The molecule has 0 aliphatic carbocycles. The van der Waals surface area contributed by atoms with Gasteiger partial charge in [0.15, 0.2) is 0 Å². The third-order valence-corrected chi connectivity index (χ3v) is 7.56. The van der Waals surface area contributed by atoms with Crippen molar-refractivity contribution in [1.82, 2.24) is 19.3 Å². The van der Waals surface area contributed by atoms with E-state index in [4.69, 9.17) is 9.97 Å². The number of benzene rings is 2. The lowest BCUT2D eigenvalue weighted by Gasteiger charge is -2.43. The largest absolute Gasteiger partial charge is 0.368 e. The first kappa shape index (κ1) is 21.8. The lowest BCUT2D eigenvalue weighted by Crippen LogP contribution is -2.55. The Bertz CT molecular complexity index is 1510. The standard InChI is InChI=1S/C30H31N5/c1-20-15-27(26-7-5-6-8-28(26)32-20)29-17-31-30-16-24(13-14-35(29)30)23-9-11-25(12-10-23)34-18-21(2)33(4)22(3)19-34/h5-17,21-22H,18-19H2,1-4H3/t21-,22+. The minimum Gasteiger partial charge on any atom is -0.368 e. The summed E-state index contributed by atoms with van der Waals surface area (Å²) in [5, 5.41) is 1.15. The van der Waals surface area contributed by atoms with Crippen LogP contribution in [0.4, 0.5) is 5.69 Å². The minimum atomic E-state index is 0.553. The van der Waals surface area contributed by atoms with Gasteiger partial charge in [-0.3, -0.25) is 14.3 Å². The van der Waals surface area contributed by atoms with Crippen LogP contribution in [0.5, 0.6) is 0 Å². The first-order valence-corrected chi connectivity index (χ1v) is 12.4. The summed E-state index contributed by atoms with van der Waals surface area (Å²) in [6.45, 7) is 8.78. The van der Waals surface area contributed by atoms with Gasteiger partial charge in [0.2, 0.25) is 0 Å². The highest BCUT2D eigenvalue weighted by molar-refractivity contribution is 5.94. The van der Waals surface area contributed by atoms with E-state index in [2.05, 4.69) is 102 Å². The predicted molar refractivity (Wildman–Crippen MR) is 145 cm³/mol. The maximum Gasteiger partial charge on any atom is 0.137 e. The third kappa shape index (κ3) is 3.86. The Morgan fingerprint density at radius 3 is 2.37 bits per heavy atom. The van der Waals surface area contributed by atoms with Crippen LogP contribution < -0.4 is 4.90 Å². The van der Waals surface area contributed by atoms with Gasteiger partial charge in [-0.05, 0) is 75.3 Å². The van der Waals surface area contributed by atoms with Crippen LogP contribution >= 0.6 is 0 Å².